The predicted molar refractivity (Wildman–Crippen MR) is 68.0 cm³/mol. The van der Waals surface area contributed by atoms with E-state index in [1.165, 1.54) is 12.8 Å². The molecule has 5 heteroatoms. The third kappa shape index (κ3) is 2.29. The molecule has 18 heavy (non-hydrogen) atoms. The van der Waals surface area contributed by atoms with Crippen LogP contribution in [0.15, 0.2) is 4.52 Å². The Morgan fingerprint density at radius 3 is 2.89 bits per heavy atom. The fourth-order valence-electron chi connectivity index (χ4n) is 2.94. The minimum absolute atomic E-state index is 0.269. The molecule has 2 atom stereocenters. The number of rotatable bonds is 3. The Kier molecular flexibility index (Phi) is 2.90. The Morgan fingerprint density at radius 2 is 2.28 bits per heavy atom. The van der Waals surface area contributed by atoms with E-state index in [1.54, 1.807) is 0 Å². The number of hydrogen-bond donors (Lipinski definition) is 1. The first-order chi connectivity index (χ1) is 8.57. The van der Waals surface area contributed by atoms with E-state index in [0.717, 1.165) is 31.4 Å². The van der Waals surface area contributed by atoms with Gasteiger partial charge in [-0.05, 0) is 32.6 Å². The van der Waals surface area contributed by atoms with Gasteiger partial charge in [-0.15, -0.1) is 0 Å². The molecule has 1 aromatic rings. The van der Waals surface area contributed by atoms with E-state index in [0.29, 0.717) is 11.9 Å². The van der Waals surface area contributed by atoms with Gasteiger partial charge in [0.2, 0.25) is 5.89 Å². The predicted octanol–water partition coefficient (Wildman–Crippen LogP) is 1.34. The Labute approximate surface area is 108 Å². The lowest BCUT2D eigenvalue weighted by Crippen LogP contribution is -2.62. The monoisotopic (exact) mass is 250 g/mol. The molecule has 0 aromatic carbocycles. The van der Waals surface area contributed by atoms with Crippen LogP contribution in [-0.4, -0.2) is 39.7 Å². The summed E-state index contributed by atoms with van der Waals surface area (Å²) in [5.74, 6) is 2.30. The average Bonchev–Trinajstić information content (AvgIpc) is 3.10. The largest absolute Gasteiger partial charge is 0.340 e. The van der Waals surface area contributed by atoms with Crippen LogP contribution in [0.5, 0.6) is 0 Å². The van der Waals surface area contributed by atoms with Crippen molar-refractivity contribution in [3.63, 3.8) is 0 Å². The maximum Gasteiger partial charge on any atom is 0.223 e. The number of aryl methyl sites for hydroxylation is 1. The number of aromatic nitrogens is 2. The quantitative estimate of drug-likeness (QED) is 0.877. The van der Waals surface area contributed by atoms with Crippen molar-refractivity contribution in [1.29, 1.82) is 0 Å². The lowest BCUT2D eigenvalue weighted by Gasteiger charge is -2.45. The molecule has 5 nitrogen and oxygen atoms in total. The molecule has 1 aliphatic carbocycles. The lowest BCUT2D eigenvalue weighted by atomic mass is 9.91. The van der Waals surface area contributed by atoms with Gasteiger partial charge >= 0.3 is 0 Å². The van der Waals surface area contributed by atoms with Crippen LogP contribution in [0.3, 0.4) is 0 Å². The third-order valence-electron chi connectivity index (χ3n) is 4.35. The summed E-state index contributed by atoms with van der Waals surface area (Å²) in [6, 6.07) is 0.524. The Hall–Kier alpha value is -0.940. The second-order valence-corrected chi connectivity index (χ2v) is 6.06. The standard InChI is InChI=1S/C13H22N4O/c1-9-6-14-13(3,11-4-5-11)8-17(9)7-12-15-10(2)18-16-12/h9,11,14H,4-8H2,1-3H3. The zero-order valence-electron chi connectivity index (χ0n) is 11.4. The number of hydrogen-bond acceptors (Lipinski definition) is 5. The summed E-state index contributed by atoms with van der Waals surface area (Å²) < 4.78 is 5.05. The molecule has 0 radical (unpaired) electrons. The molecular formula is C13H22N4O. The number of nitrogens with zero attached hydrogens (tertiary/aromatic N) is 3. The van der Waals surface area contributed by atoms with E-state index in [2.05, 4.69) is 34.2 Å². The molecule has 1 aliphatic heterocycles. The summed E-state index contributed by atoms with van der Waals surface area (Å²) in [5.41, 5.74) is 0.269. The minimum Gasteiger partial charge on any atom is -0.340 e. The van der Waals surface area contributed by atoms with Gasteiger partial charge in [-0.1, -0.05) is 5.16 Å². The smallest absolute Gasteiger partial charge is 0.223 e. The van der Waals surface area contributed by atoms with Crippen LogP contribution in [0, 0.1) is 12.8 Å². The van der Waals surface area contributed by atoms with Crippen molar-refractivity contribution in [2.24, 2.45) is 5.92 Å². The van der Waals surface area contributed by atoms with Gasteiger partial charge in [-0.2, -0.15) is 4.98 Å². The zero-order valence-corrected chi connectivity index (χ0v) is 11.4. The highest BCUT2D eigenvalue weighted by atomic mass is 16.5. The van der Waals surface area contributed by atoms with Gasteiger partial charge in [0.25, 0.3) is 0 Å². The van der Waals surface area contributed by atoms with Crippen LogP contribution in [0.4, 0.5) is 0 Å². The van der Waals surface area contributed by atoms with E-state index in [1.807, 2.05) is 6.92 Å². The summed E-state index contributed by atoms with van der Waals surface area (Å²) in [4.78, 5) is 6.78. The van der Waals surface area contributed by atoms with Crippen LogP contribution in [-0.2, 0) is 6.54 Å². The Balaban J connectivity index is 1.69. The molecule has 1 aromatic heterocycles. The topological polar surface area (TPSA) is 54.2 Å². The van der Waals surface area contributed by atoms with Crippen molar-refractivity contribution in [1.82, 2.24) is 20.4 Å². The minimum atomic E-state index is 0.269. The van der Waals surface area contributed by atoms with Crippen molar-refractivity contribution >= 4 is 0 Å². The van der Waals surface area contributed by atoms with Gasteiger partial charge in [0, 0.05) is 31.6 Å². The highest BCUT2D eigenvalue weighted by Crippen LogP contribution is 2.41. The molecule has 1 saturated heterocycles. The fourth-order valence-corrected chi connectivity index (χ4v) is 2.94. The van der Waals surface area contributed by atoms with Crippen molar-refractivity contribution in [3.05, 3.63) is 11.7 Å². The van der Waals surface area contributed by atoms with Crippen molar-refractivity contribution in [2.45, 2.75) is 51.7 Å². The first-order valence-corrected chi connectivity index (χ1v) is 6.85. The van der Waals surface area contributed by atoms with Crippen LogP contribution < -0.4 is 5.32 Å². The number of nitrogens with one attached hydrogen (secondary N) is 1. The second kappa shape index (κ2) is 4.31. The van der Waals surface area contributed by atoms with Gasteiger partial charge in [-0.3, -0.25) is 4.90 Å². The van der Waals surface area contributed by atoms with E-state index >= 15 is 0 Å². The van der Waals surface area contributed by atoms with Crippen LogP contribution in [0.2, 0.25) is 0 Å². The van der Waals surface area contributed by atoms with Gasteiger partial charge in [0.05, 0.1) is 6.54 Å². The zero-order chi connectivity index (χ0) is 12.8. The van der Waals surface area contributed by atoms with Gasteiger partial charge in [-0.25, -0.2) is 0 Å². The van der Waals surface area contributed by atoms with E-state index < -0.39 is 0 Å². The van der Waals surface area contributed by atoms with Crippen LogP contribution >= 0.6 is 0 Å². The molecular weight excluding hydrogens is 228 g/mol. The molecule has 2 heterocycles. The van der Waals surface area contributed by atoms with Crippen molar-refractivity contribution in [3.8, 4) is 0 Å². The fraction of sp³-hybridized carbons (Fsp3) is 0.846. The second-order valence-electron chi connectivity index (χ2n) is 6.06. The van der Waals surface area contributed by atoms with Crippen LogP contribution in [0.1, 0.15) is 38.4 Å². The summed E-state index contributed by atoms with van der Waals surface area (Å²) in [6.45, 7) is 9.36. The first-order valence-electron chi connectivity index (χ1n) is 6.85. The normalized spacial score (nSPS) is 33.8. The number of piperazine rings is 1. The van der Waals surface area contributed by atoms with Crippen molar-refractivity contribution in [2.75, 3.05) is 13.1 Å². The molecule has 1 saturated carbocycles. The molecule has 0 bridgehead atoms. The molecule has 1 N–H and O–H groups in total. The summed E-state index contributed by atoms with van der Waals surface area (Å²) >= 11 is 0. The first kappa shape index (κ1) is 12.1. The maximum atomic E-state index is 5.05. The Bertz CT molecular complexity index is 428. The van der Waals surface area contributed by atoms with Gasteiger partial charge in [0.1, 0.15) is 0 Å². The molecule has 100 valence electrons. The summed E-state index contributed by atoms with van der Waals surface area (Å²) in [5, 5.41) is 7.73. The average molecular weight is 250 g/mol. The summed E-state index contributed by atoms with van der Waals surface area (Å²) in [7, 11) is 0. The van der Waals surface area contributed by atoms with Gasteiger partial charge < -0.3 is 9.84 Å². The molecule has 2 fully saturated rings. The van der Waals surface area contributed by atoms with E-state index in [4.69, 9.17) is 4.52 Å². The van der Waals surface area contributed by atoms with E-state index in [9.17, 15) is 0 Å². The lowest BCUT2D eigenvalue weighted by molar-refractivity contribution is 0.0742. The third-order valence-corrected chi connectivity index (χ3v) is 4.35. The molecule has 0 spiro atoms. The van der Waals surface area contributed by atoms with Gasteiger partial charge in [0.15, 0.2) is 5.82 Å². The molecule has 2 aliphatic rings. The van der Waals surface area contributed by atoms with Crippen LogP contribution in [0.25, 0.3) is 0 Å². The highest BCUT2D eigenvalue weighted by molar-refractivity contribution is 5.04. The summed E-state index contributed by atoms with van der Waals surface area (Å²) in [6.07, 6.45) is 2.74. The van der Waals surface area contributed by atoms with Crippen molar-refractivity contribution < 1.29 is 4.52 Å². The van der Waals surface area contributed by atoms with E-state index in [-0.39, 0.29) is 5.54 Å². The maximum absolute atomic E-state index is 5.05. The highest BCUT2D eigenvalue weighted by Gasteiger charge is 2.45. The molecule has 3 rings (SSSR count). The Morgan fingerprint density at radius 1 is 1.50 bits per heavy atom. The molecule has 2 unspecified atom stereocenters. The molecule has 0 amide bonds. The SMILES string of the molecule is Cc1nc(CN2CC(C)(C3CC3)NCC2C)no1.